The minimum Gasteiger partial charge on any atom is -0.376 e. The van der Waals surface area contributed by atoms with Crippen molar-refractivity contribution in [3.63, 3.8) is 0 Å². The first-order valence-electron chi connectivity index (χ1n) is 6.10. The monoisotopic (exact) mass is 233 g/mol. The van der Waals surface area contributed by atoms with E-state index in [0.29, 0.717) is 19.2 Å². The smallest absolute Gasteiger partial charge is 0.176 e. The zero-order chi connectivity index (χ0) is 12.3. The molecule has 0 radical (unpaired) electrons. The van der Waals surface area contributed by atoms with Crippen LogP contribution in [-0.4, -0.2) is 42.5 Å². The number of morpholine rings is 1. The van der Waals surface area contributed by atoms with E-state index in [1.807, 2.05) is 37.3 Å². The van der Waals surface area contributed by atoms with Crippen molar-refractivity contribution in [1.82, 2.24) is 4.90 Å². The predicted molar refractivity (Wildman–Crippen MR) is 67.2 cm³/mol. The van der Waals surface area contributed by atoms with Crippen LogP contribution in [0.25, 0.3) is 0 Å². The highest BCUT2D eigenvalue weighted by atomic mass is 16.5. The first-order valence-corrected chi connectivity index (χ1v) is 6.10. The molecule has 2 unspecified atom stereocenters. The summed E-state index contributed by atoms with van der Waals surface area (Å²) in [6, 6.07) is 9.79. The molecule has 1 aliphatic rings. The van der Waals surface area contributed by atoms with Gasteiger partial charge in [-0.1, -0.05) is 30.3 Å². The van der Waals surface area contributed by atoms with Crippen molar-refractivity contribution >= 4 is 5.78 Å². The van der Waals surface area contributed by atoms with Gasteiger partial charge in [0.1, 0.15) is 0 Å². The highest BCUT2D eigenvalue weighted by molar-refractivity contribution is 5.97. The van der Waals surface area contributed by atoms with E-state index >= 15 is 0 Å². The molecule has 17 heavy (non-hydrogen) atoms. The van der Waals surface area contributed by atoms with E-state index in [-0.39, 0.29) is 11.9 Å². The number of carbonyl (C=O) groups excluding carboxylic acids is 1. The Morgan fingerprint density at radius 1 is 1.35 bits per heavy atom. The Morgan fingerprint density at radius 3 is 2.76 bits per heavy atom. The fraction of sp³-hybridized carbons (Fsp3) is 0.500. The Morgan fingerprint density at radius 2 is 2.06 bits per heavy atom. The number of benzene rings is 1. The maximum atomic E-state index is 12.1. The van der Waals surface area contributed by atoms with Gasteiger partial charge in [-0.3, -0.25) is 9.69 Å². The van der Waals surface area contributed by atoms with Crippen molar-refractivity contribution < 1.29 is 9.53 Å². The number of rotatable bonds is 3. The molecule has 0 aliphatic carbocycles. The van der Waals surface area contributed by atoms with E-state index in [2.05, 4.69) is 11.8 Å². The molecule has 0 N–H and O–H groups in total. The molecule has 2 atom stereocenters. The Balaban J connectivity index is 1.98. The van der Waals surface area contributed by atoms with Gasteiger partial charge in [0.2, 0.25) is 0 Å². The molecule has 1 fully saturated rings. The molecule has 1 aromatic carbocycles. The predicted octanol–water partition coefficient (Wildman–Crippen LogP) is 1.98. The summed E-state index contributed by atoms with van der Waals surface area (Å²) < 4.78 is 5.55. The number of ketones is 1. The summed E-state index contributed by atoms with van der Waals surface area (Å²) in [5.41, 5.74) is 0.791. The van der Waals surface area contributed by atoms with Crippen molar-refractivity contribution in [2.45, 2.75) is 26.0 Å². The van der Waals surface area contributed by atoms with Crippen LogP contribution in [0.2, 0.25) is 0 Å². The van der Waals surface area contributed by atoms with Crippen molar-refractivity contribution in [3.8, 4) is 0 Å². The highest BCUT2D eigenvalue weighted by Crippen LogP contribution is 2.12. The number of carbonyl (C=O) groups is 1. The van der Waals surface area contributed by atoms with Gasteiger partial charge >= 0.3 is 0 Å². The maximum Gasteiger partial charge on any atom is 0.176 e. The molecule has 1 saturated heterocycles. The highest BCUT2D eigenvalue weighted by Gasteiger charge is 2.25. The van der Waals surface area contributed by atoms with Crippen LogP contribution in [0.3, 0.4) is 0 Å². The molecule has 1 aromatic rings. The third kappa shape index (κ3) is 3.14. The fourth-order valence-electron chi connectivity index (χ4n) is 2.09. The molecule has 0 amide bonds. The van der Waals surface area contributed by atoms with Crippen molar-refractivity contribution in [1.29, 1.82) is 0 Å². The lowest BCUT2D eigenvalue weighted by Crippen LogP contribution is -2.49. The Kier molecular flexibility index (Phi) is 3.92. The van der Waals surface area contributed by atoms with E-state index in [4.69, 9.17) is 4.74 Å². The van der Waals surface area contributed by atoms with Crippen LogP contribution in [0, 0.1) is 0 Å². The Hall–Kier alpha value is -1.19. The average Bonchev–Trinajstić information content (AvgIpc) is 2.35. The first-order chi connectivity index (χ1) is 8.16. The molecule has 3 heteroatoms. The van der Waals surface area contributed by atoms with Gasteiger partial charge in [-0.2, -0.15) is 0 Å². The van der Waals surface area contributed by atoms with Gasteiger partial charge in [0.15, 0.2) is 5.78 Å². The molecule has 0 bridgehead atoms. The van der Waals surface area contributed by atoms with E-state index in [1.54, 1.807) is 0 Å². The molecule has 2 rings (SSSR count). The summed E-state index contributed by atoms with van der Waals surface area (Å²) in [5, 5.41) is 0. The summed E-state index contributed by atoms with van der Waals surface area (Å²) in [5.74, 6) is 0.187. The van der Waals surface area contributed by atoms with Gasteiger partial charge < -0.3 is 4.74 Å². The van der Waals surface area contributed by atoms with Crippen LogP contribution in [0.15, 0.2) is 30.3 Å². The van der Waals surface area contributed by atoms with E-state index in [9.17, 15) is 4.79 Å². The number of Topliss-reactive ketones (excluding diaryl/α,β-unsaturated/α-hetero) is 1. The fourth-order valence-corrected chi connectivity index (χ4v) is 2.09. The lowest BCUT2D eigenvalue weighted by Gasteiger charge is -2.36. The molecule has 0 spiro atoms. The lowest BCUT2D eigenvalue weighted by molar-refractivity contribution is -0.0460. The summed E-state index contributed by atoms with van der Waals surface area (Å²) in [4.78, 5) is 14.3. The first kappa shape index (κ1) is 12.3. The number of hydrogen-bond donors (Lipinski definition) is 0. The zero-order valence-electron chi connectivity index (χ0n) is 10.4. The molecular formula is C14H19NO2. The molecule has 0 aromatic heterocycles. The van der Waals surface area contributed by atoms with Gasteiger partial charge in [-0.25, -0.2) is 0 Å². The molecule has 0 saturated carbocycles. The Bertz CT molecular complexity index is 377. The third-order valence-corrected chi connectivity index (χ3v) is 3.18. The minimum atomic E-state index is 0.187. The van der Waals surface area contributed by atoms with Crippen LogP contribution in [-0.2, 0) is 4.74 Å². The molecular weight excluding hydrogens is 214 g/mol. The summed E-state index contributed by atoms with van der Waals surface area (Å²) >= 11 is 0. The van der Waals surface area contributed by atoms with E-state index in [0.717, 1.165) is 12.1 Å². The second kappa shape index (κ2) is 5.43. The zero-order valence-corrected chi connectivity index (χ0v) is 10.4. The molecule has 1 aliphatic heterocycles. The molecule has 92 valence electrons. The van der Waals surface area contributed by atoms with Crippen LogP contribution in [0.1, 0.15) is 24.2 Å². The second-order valence-electron chi connectivity index (χ2n) is 4.71. The van der Waals surface area contributed by atoms with E-state index < -0.39 is 0 Å². The second-order valence-corrected chi connectivity index (χ2v) is 4.71. The van der Waals surface area contributed by atoms with Crippen LogP contribution >= 0.6 is 0 Å². The average molecular weight is 233 g/mol. The van der Waals surface area contributed by atoms with Gasteiger partial charge in [0.25, 0.3) is 0 Å². The SMILES string of the molecule is CC1CN(CC(=O)c2ccccc2)C(C)CO1. The third-order valence-electron chi connectivity index (χ3n) is 3.18. The maximum absolute atomic E-state index is 12.1. The topological polar surface area (TPSA) is 29.5 Å². The van der Waals surface area contributed by atoms with Gasteiger partial charge in [0.05, 0.1) is 19.3 Å². The molecule has 1 heterocycles. The van der Waals surface area contributed by atoms with Crippen molar-refractivity contribution in [3.05, 3.63) is 35.9 Å². The van der Waals surface area contributed by atoms with Crippen LogP contribution < -0.4 is 0 Å². The van der Waals surface area contributed by atoms with Gasteiger partial charge in [-0.15, -0.1) is 0 Å². The largest absolute Gasteiger partial charge is 0.376 e. The van der Waals surface area contributed by atoms with Gasteiger partial charge in [-0.05, 0) is 13.8 Å². The van der Waals surface area contributed by atoms with E-state index in [1.165, 1.54) is 0 Å². The van der Waals surface area contributed by atoms with Crippen molar-refractivity contribution in [2.75, 3.05) is 19.7 Å². The normalized spacial score (nSPS) is 25.8. The minimum absolute atomic E-state index is 0.187. The van der Waals surface area contributed by atoms with Gasteiger partial charge in [0, 0.05) is 18.2 Å². The number of hydrogen-bond acceptors (Lipinski definition) is 3. The number of ether oxygens (including phenoxy) is 1. The molecule has 3 nitrogen and oxygen atoms in total. The van der Waals surface area contributed by atoms with Crippen molar-refractivity contribution in [2.24, 2.45) is 0 Å². The summed E-state index contributed by atoms with van der Waals surface area (Å²) in [6.45, 7) is 6.18. The van der Waals surface area contributed by atoms with Crippen LogP contribution in [0.5, 0.6) is 0 Å². The number of nitrogens with zero attached hydrogens (tertiary/aromatic N) is 1. The summed E-state index contributed by atoms with van der Waals surface area (Å²) in [6.07, 6.45) is 0.217. The Labute approximate surface area is 102 Å². The summed E-state index contributed by atoms with van der Waals surface area (Å²) in [7, 11) is 0. The quantitative estimate of drug-likeness (QED) is 0.748. The lowest BCUT2D eigenvalue weighted by atomic mass is 10.1. The van der Waals surface area contributed by atoms with Crippen LogP contribution in [0.4, 0.5) is 0 Å². The standard InChI is InChI=1S/C14H19NO2/c1-11-10-17-12(2)8-15(11)9-14(16)13-6-4-3-5-7-13/h3-7,11-12H,8-10H2,1-2H3.